The molecule has 1 N–H and O–H groups in total. The van der Waals surface area contributed by atoms with Crippen molar-refractivity contribution in [1.29, 1.82) is 0 Å². The number of fused-ring (bicyclic) bond motifs is 1. The molecule has 1 unspecified atom stereocenters. The van der Waals surface area contributed by atoms with Crippen molar-refractivity contribution in [2.24, 2.45) is 0 Å². The van der Waals surface area contributed by atoms with Gasteiger partial charge in [-0.3, -0.25) is 4.79 Å². The van der Waals surface area contributed by atoms with Crippen molar-refractivity contribution >= 4 is 91.1 Å². The summed E-state index contributed by atoms with van der Waals surface area (Å²) in [6.07, 6.45) is 0. The van der Waals surface area contributed by atoms with Crippen LogP contribution in [-0.2, 0) is 9.53 Å². The Morgan fingerprint density at radius 3 is 2.94 bits per heavy atom. The van der Waals surface area contributed by atoms with Crippen LogP contribution < -0.4 is 0 Å². The summed E-state index contributed by atoms with van der Waals surface area (Å²) in [5.41, 5.74) is 1.97. The minimum atomic E-state index is -0.241. The van der Waals surface area contributed by atoms with Gasteiger partial charge in [0.25, 0.3) is 0 Å². The van der Waals surface area contributed by atoms with E-state index in [2.05, 4.69) is 4.98 Å². The van der Waals surface area contributed by atoms with Gasteiger partial charge in [-0.05, 0) is 43.8 Å². The van der Waals surface area contributed by atoms with E-state index in [0.29, 0.717) is 6.61 Å². The Hall–Kier alpha value is 0.436. The van der Waals surface area contributed by atoms with Gasteiger partial charge in [0.15, 0.2) is 3.95 Å². The van der Waals surface area contributed by atoms with Crippen LogP contribution in [0.25, 0.3) is 10.2 Å². The maximum Gasteiger partial charge on any atom is 0.313 e. The predicted molar refractivity (Wildman–Crippen MR) is 77.8 cm³/mol. The van der Waals surface area contributed by atoms with Gasteiger partial charge in [-0.25, -0.2) is 0 Å². The summed E-state index contributed by atoms with van der Waals surface area (Å²) in [6.45, 7) is 4.07. The van der Waals surface area contributed by atoms with E-state index in [0.717, 1.165) is 19.7 Å². The SMILES string of the molecule is CCOC(=O)C(C)c1ccc2[nH]c(=S)sc2c1.[K]. The van der Waals surface area contributed by atoms with Crippen molar-refractivity contribution < 1.29 is 9.53 Å². The molecule has 0 aliphatic rings. The number of benzene rings is 1. The third-order valence-electron chi connectivity index (χ3n) is 2.59. The van der Waals surface area contributed by atoms with Gasteiger partial charge < -0.3 is 9.72 Å². The molecular weight excluding hydrogens is 293 g/mol. The van der Waals surface area contributed by atoms with Gasteiger partial charge >= 0.3 is 5.97 Å². The van der Waals surface area contributed by atoms with Crippen molar-refractivity contribution in [3.8, 4) is 0 Å². The van der Waals surface area contributed by atoms with Crippen molar-refractivity contribution in [3.05, 3.63) is 27.7 Å². The Labute approximate surface area is 157 Å². The number of carbonyl (C=O) groups excluding carboxylic acids is 1. The third kappa shape index (κ3) is 3.72. The van der Waals surface area contributed by atoms with Crippen LogP contribution >= 0.6 is 23.6 Å². The predicted octanol–water partition coefficient (Wildman–Crippen LogP) is 3.24. The fourth-order valence-electron chi connectivity index (χ4n) is 1.63. The van der Waals surface area contributed by atoms with Crippen molar-refractivity contribution in [3.63, 3.8) is 0 Å². The second-order valence-electron chi connectivity index (χ2n) is 3.74. The standard InChI is InChI=1S/C12H13NO2S2.K/c1-3-15-11(14)7(2)8-4-5-9-10(6-8)17-12(16)13-9;/h4-7H,3H2,1-2H3,(H,13,16);. The first kappa shape index (κ1) is 16.5. The molecule has 0 spiro atoms. The van der Waals surface area contributed by atoms with Crippen LogP contribution in [-0.4, -0.2) is 68.9 Å². The number of hydrogen-bond donors (Lipinski definition) is 1. The molecule has 0 bridgehead atoms. The topological polar surface area (TPSA) is 42.1 Å². The first-order valence-corrected chi connectivity index (χ1v) is 6.63. The number of carbonyl (C=O) groups is 1. The van der Waals surface area contributed by atoms with Crippen molar-refractivity contribution in [1.82, 2.24) is 4.98 Å². The van der Waals surface area contributed by atoms with E-state index < -0.39 is 0 Å². The normalized spacial score (nSPS) is 11.9. The number of aromatic amines is 1. The van der Waals surface area contributed by atoms with Crippen LogP contribution in [0.5, 0.6) is 0 Å². The first-order valence-electron chi connectivity index (χ1n) is 5.41. The third-order valence-corrected chi connectivity index (χ3v) is 3.78. The maximum atomic E-state index is 11.6. The van der Waals surface area contributed by atoms with Gasteiger partial charge in [0.2, 0.25) is 0 Å². The van der Waals surface area contributed by atoms with E-state index in [1.165, 1.54) is 11.3 Å². The van der Waals surface area contributed by atoms with Crippen LogP contribution in [0.4, 0.5) is 0 Å². The summed E-state index contributed by atoms with van der Waals surface area (Å²) in [5, 5.41) is 0. The molecule has 0 saturated heterocycles. The second kappa shape index (κ2) is 7.28. The number of H-pyrrole nitrogens is 1. The molecule has 18 heavy (non-hydrogen) atoms. The maximum absolute atomic E-state index is 11.6. The first-order chi connectivity index (χ1) is 8.11. The summed E-state index contributed by atoms with van der Waals surface area (Å²) in [5.74, 6) is -0.430. The average Bonchev–Trinajstić information content (AvgIpc) is 2.67. The minimum absolute atomic E-state index is 0. The zero-order valence-corrected chi connectivity index (χ0v) is 15.4. The van der Waals surface area contributed by atoms with Crippen LogP contribution in [0.2, 0.25) is 0 Å². The quantitative estimate of drug-likeness (QED) is 0.538. The van der Waals surface area contributed by atoms with Gasteiger partial charge in [-0.2, -0.15) is 0 Å². The molecule has 2 rings (SSSR count). The second-order valence-corrected chi connectivity index (χ2v) is 5.46. The monoisotopic (exact) mass is 306 g/mol. The Morgan fingerprint density at radius 2 is 2.28 bits per heavy atom. The number of rotatable bonds is 3. The van der Waals surface area contributed by atoms with Gasteiger partial charge in [-0.1, -0.05) is 6.07 Å². The molecule has 1 radical (unpaired) electrons. The Kier molecular flexibility index (Phi) is 6.67. The molecule has 1 atom stereocenters. The molecule has 0 saturated carbocycles. The van der Waals surface area contributed by atoms with Gasteiger partial charge in [-0.15, -0.1) is 11.3 Å². The van der Waals surface area contributed by atoms with E-state index in [-0.39, 0.29) is 63.3 Å². The van der Waals surface area contributed by atoms with E-state index >= 15 is 0 Å². The molecule has 1 aromatic carbocycles. The summed E-state index contributed by atoms with van der Waals surface area (Å²) in [6, 6.07) is 5.88. The summed E-state index contributed by atoms with van der Waals surface area (Å²) >= 11 is 6.60. The zero-order chi connectivity index (χ0) is 12.4. The largest absolute Gasteiger partial charge is 0.466 e. The molecular formula is C12H13KNO2S2. The molecule has 1 aromatic heterocycles. The Bertz CT molecular complexity index is 605. The molecule has 0 aliphatic carbocycles. The van der Waals surface area contributed by atoms with Crippen molar-refractivity contribution in [2.45, 2.75) is 19.8 Å². The number of nitrogens with one attached hydrogen (secondary N) is 1. The Balaban J connectivity index is 0.00000162. The number of thiazole rings is 1. The molecule has 0 fully saturated rings. The summed E-state index contributed by atoms with van der Waals surface area (Å²) in [7, 11) is 0. The van der Waals surface area contributed by atoms with Crippen molar-refractivity contribution in [2.75, 3.05) is 6.61 Å². The minimum Gasteiger partial charge on any atom is -0.466 e. The molecule has 91 valence electrons. The number of hydrogen-bond acceptors (Lipinski definition) is 4. The van der Waals surface area contributed by atoms with E-state index in [9.17, 15) is 4.79 Å². The van der Waals surface area contributed by atoms with Gasteiger partial charge in [0.1, 0.15) is 0 Å². The average molecular weight is 306 g/mol. The summed E-state index contributed by atoms with van der Waals surface area (Å²) in [4.78, 5) is 14.7. The van der Waals surface area contributed by atoms with E-state index in [1.54, 1.807) is 0 Å². The van der Waals surface area contributed by atoms with Crippen LogP contribution in [0.1, 0.15) is 25.3 Å². The van der Waals surface area contributed by atoms with Crippen LogP contribution in [0, 0.1) is 3.95 Å². The molecule has 6 heteroatoms. The number of esters is 1. The number of aromatic nitrogens is 1. The smallest absolute Gasteiger partial charge is 0.313 e. The molecule has 3 nitrogen and oxygen atoms in total. The fraction of sp³-hybridized carbons (Fsp3) is 0.333. The van der Waals surface area contributed by atoms with Crippen LogP contribution in [0.15, 0.2) is 18.2 Å². The zero-order valence-electron chi connectivity index (χ0n) is 10.6. The summed E-state index contributed by atoms with van der Waals surface area (Å²) < 4.78 is 6.84. The van der Waals surface area contributed by atoms with E-state index in [4.69, 9.17) is 17.0 Å². The fourth-order valence-corrected chi connectivity index (χ4v) is 2.80. The van der Waals surface area contributed by atoms with E-state index in [1.807, 2.05) is 32.0 Å². The molecule has 2 aromatic rings. The van der Waals surface area contributed by atoms with Crippen LogP contribution in [0.3, 0.4) is 0 Å². The molecule has 0 amide bonds. The number of ether oxygens (including phenoxy) is 1. The molecule has 0 aliphatic heterocycles. The van der Waals surface area contributed by atoms with Gasteiger partial charge in [0, 0.05) is 51.4 Å². The molecule has 1 heterocycles. The Morgan fingerprint density at radius 1 is 1.56 bits per heavy atom. The van der Waals surface area contributed by atoms with Gasteiger partial charge in [0.05, 0.1) is 22.7 Å².